The summed E-state index contributed by atoms with van der Waals surface area (Å²) in [7, 11) is 0. The molecule has 0 aromatic heterocycles. The summed E-state index contributed by atoms with van der Waals surface area (Å²) in [6.07, 6.45) is -4.52. The lowest BCUT2D eigenvalue weighted by molar-refractivity contribution is -0.137. The average molecular weight is 438 g/mol. The number of hydrogen-bond acceptors (Lipinski definition) is 2. The Labute approximate surface area is 188 Å². The summed E-state index contributed by atoms with van der Waals surface area (Å²) in [5.41, 5.74) is 1.38. The molecule has 4 nitrogen and oxygen atoms in total. The minimum Gasteiger partial charge on any atom is -0.226 e. The molecule has 0 radical (unpaired) electrons. The predicted octanol–water partition coefficient (Wildman–Crippen LogP) is 5.45. The Morgan fingerprint density at radius 1 is 0.758 bits per heavy atom. The fourth-order valence-corrected chi connectivity index (χ4v) is 3.33. The fourth-order valence-electron chi connectivity index (χ4n) is 3.33. The summed E-state index contributed by atoms with van der Waals surface area (Å²) < 4.78 is 39.0. The number of alkyl halides is 3. The average Bonchev–Trinajstić information content (AvgIpc) is 2.81. The molecule has 0 amide bonds. The first-order valence-electron chi connectivity index (χ1n) is 9.46. The number of nitrogens with zero attached hydrogens (tertiary/aromatic N) is 4. The van der Waals surface area contributed by atoms with Crippen molar-refractivity contribution in [2.75, 3.05) is 0 Å². The van der Waals surface area contributed by atoms with E-state index in [-0.39, 0.29) is 27.4 Å². The lowest BCUT2D eigenvalue weighted by atomic mass is 9.93. The van der Waals surface area contributed by atoms with Crippen molar-refractivity contribution in [2.45, 2.75) is 13.1 Å². The molecule has 0 atom stereocenters. The van der Waals surface area contributed by atoms with Gasteiger partial charge in [-0.15, -0.1) is 0 Å². The molecule has 0 heterocycles. The van der Waals surface area contributed by atoms with Gasteiger partial charge in [-0.3, -0.25) is 0 Å². The largest absolute Gasteiger partial charge is 0.416 e. The van der Waals surface area contributed by atoms with Crippen molar-refractivity contribution in [3.8, 4) is 34.4 Å². The molecule has 0 aliphatic carbocycles. The third kappa shape index (κ3) is 4.59. The monoisotopic (exact) mass is 438 g/mol. The van der Waals surface area contributed by atoms with Gasteiger partial charge in [-0.2, -0.15) is 13.2 Å². The Morgan fingerprint density at radius 2 is 1.15 bits per heavy atom. The zero-order chi connectivity index (χ0) is 24.2. The zero-order valence-corrected chi connectivity index (χ0v) is 17.2. The van der Waals surface area contributed by atoms with Crippen LogP contribution in [0.5, 0.6) is 0 Å². The van der Waals surface area contributed by atoms with Crippen molar-refractivity contribution in [3.05, 3.63) is 105 Å². The Bertz CT molecular complexity index is 1490. The van der Waals surface area contributed by atoms with Gasteiger partial charge in [-0.05, 0) is 51.7 Å². The third-order valence-electron chi connectivity index (χ3n) is 4.99. The van der Waals surface area contributed by atoms with Crippen LogP contribution in [0.25, 0.3) is 43.3 Å². The van der Waals surface area contributed by atoms with E-state index in [4.69, 9.17) is 13.1 Å². The Hall–Kier alpha value is -4.85. The first-order chi connectivity index (χ1) is 15.7. The van der Waals surface area contributed by atoms with Gasteiger partial charge in [0.1, 0.15) is 0 Å². The van der Waals surface area contributed by atoms with Crippen LogP contribution < -0.4 is 10.4 Å². The van der Waals surface area contributed by atoms with Gasteiger partial charge in [0.15, 0.2) is 0 Å². The number of nitriles is 2. The van der Waals surface area contributed by atoms with Gasteiger partial charge in [0.2, 0.25) is 0 Å². The van der Waals surface area contributed by atoms with E-state index in [1.165, 1.54) is 24.3 Å². The van der Waals surface area contributed by atoms with E-state index in [9.17, 15) is 23.7 Å². The first kappa shape index (κ1) is 22.8. The summed E-state index contributed by atoms with van der Waals surface area (Å²) in [6, 6.07) is 18.2. The van der Waals surface area contributed by atoms with Crippen molar-refractivity contribution in [3.63, 3.8) is 0 Å². The van der Waals surface area contributed by atoms with Gasteiger partial charge in [-0.25, -0.2) is 20.2 Å². The molecular weight excluding hydrogens is 425 g/mol. The van der Waals surface area contributed by atoms with Gasteiger partial charge in [0, 0.05) is 0 Å². The van der Waals surface area contributed by atoms with E-state index >= 15 is 0 Å². The van der Waals surface area contributed by atoms with Crippen molar-refractivity contribution in [1.82, 2.24) is 0 Å². The standard InChI is InChI=1S/C26H13F3N4/c1-16-4-6-17(7-5-16)20-12-23(25(15-31)33-3)21(13-22(20)24(14-30)32-2)18-8-10-19(11-9-18)26(27,28)29/h4-13H,1H3/b24-22-,25-23+. The molecule has 0 bridgehead atoms. The summed E-state index contributed by atoms with van der Waals surface area (Å²) in [5, 5.41) is 19.5. The van der Waals surface area contributed by atoms with E-state index < -0.39 is 11.7 Å². The normalized spacial score (nSPS) is 12.5. The SMILES string of the molecule is [C-]#[N+]/C(C#N)=c1/cc(-c2ccc(C(F)(F)F)cc2)/c(=C(\C#N)[N+]#[C-])cc1-c1ccc(C)cc1. The van der Waals surface area contributed by atoms with Gasteiger partial charge >= 0.3 is 6.18 Å². The van der Waals surface area contributed by atoms with Crippen LogP contribution in [-0.2, 0) is 6.18 Å². The van der Waals surface area contributed by atoms with Crippen molar-refractivity contribution < 1.29 is 13.2 Å². The van der Waals surface area contributed by atoms with E-state index in [1.54, 1.807) is 12.1 Å². The van der Waals surface area contributed by atoms with Gasteiger partial charge in [0.05, 0.1) is 30.8 Å². The molecule has 0 unspecified atom stereocenters. The molecule has 3 aromatic carbocycles. The number of hydrogen-bond donors (Lipinski definition) is 0. The van der Waals surface area contributed by atoms with Gasteiger partial charge in [-0.1, -0.05) is 54.1 Å². The molecule has 0 N–H and O–H groups in total. The van der Waals surface area contributed by atoms with Crippen LogP contribution in [0.1, 0.15) is 11.1 Å². The molecule has 7 heteroatoms. The molecule has 33 heavy (non-hydrogen) atoms. The molecule has 0 aliphatic rings. The van der Waals surface area contributed by atoms with E-state index in [2.05, 4.69) is 9.69 Å². The maximum absolute atomic E-state index is 13.0. The molecular formula is C26H13F3N4. The minimum absolute atomic E-state index is 0.203. The summed E-state index contributed by atoms with van der Waals surface area (Å²) >= 11 is 0. The molecule has 0 spiro atoms. The summed E-state index contributed by atoms with van der Waals surface area (Å²) in [6.45, 7) is 16.7. The Kier molecular flexibility index (Phi) is 6.30. The van der Waals surface area contributed by atoms with Crippen LogP contribution in [0, 0.1) is 42.7 Å². The van der Waals surface area contributed by atoms with Crippen molar-refractivity contribution in [1.29, 1.82) is 10.5 Å². The van der Waals surface area contributed by atoms with Crippen molar-refractivity contribution in [2.24, 2.45) is 0 Å². The highest BCUT2D eigenvalue weighted by Crippen LogP contribution is 2.30. The molecule has 0 saturated heterocycles. The number of aryl methyl sites for hydroxylation is 1. The smallest absolute Gasteiger partial charge is 0.226 e. The highest BCUT2D eigenvalue weighted by Gasteiger charge is 2.30. The highest BCUT2D eigenvalue weighted by molar-refractivity contribution is 5.82. The molecule has 0 saturated carbocycles. The van der Waals surface area contributed by atoms with Crippen LogP contribution in [0.15, 0.2) is 60.7 Å². The number of benzene rings is 3. The van der Waals surface area contributed by atoms with E-state index in [0.717, 1.165) is 17.7 Å². The fraction of sp³-hybridized carbons (Fsp3) is 0.0769. The minimum atomic E-state index is -4.52. The second kappa shape index (κ2) is 9.11. The maximum Gasteiger partial charge on any atom is 0.416 e. The van der Waals surface area contributed by atoms with Crippen molar-refractivity contribution >= 4 is 11.4 Å². The van der Waals surface area contributed by atoms with Crippen LogP contribution >= 0.6 is 0 Å². The number of halogens is 3. The maximum atomic E-state index is 13.0. The first-order valence-corrected chi connectivity index (χ1v) is 9.46. The molecule has 3 rings (SSSR count). The quantitative estimate of drug-likeness (QED) is 0.500. The molecule has 0 fully saturated rings. The van der Waals surface area contributed by atoms with Crippen LogP contribution in [0.3, 0.4) is 0 Å². The third-order valence-corrected chi connectivity index (χ3v) is 4.99. The summed E-state index contributed by atoms with van der Waals surface area (Å²) in [5.74, 6) is 0. The van der Waals surface area contributed by atoms with E-state index in [0.29, 0.717) is 16.7 Å². The van der Waals surface area contributed by atoms with Crippen LogP contribution in [-0.4, -0.2) is 0 Å². The topological polar surface area (TPSA) is 56.3 Å². The Morgan fingerprint density at radius 3 is 1.48 bits per heavy atom. The lowest BCUT2D eigenvalue weighted by Crippen LogP contribution is -2.19. The molecule has 3 aromatic rings. The Balaban J connectivity index is 2.50. The number of rotatable bonds is 2. The van der Waals surface area contributed by atoms with Gasteiger partial charge < -0.3 is 0 Å². The van der Waals surface area contributed by atoms with Crippen LogP contribution in [0.4, 0.5) is 13.2 Å². The summed E-state index contributed by atoms with van der Waals surface area (Å²) in [4.78, 5) is 6.58. The zero-order valence-electron chi connectivity index (χ0n) is 17.2. The lowest BCUT2D eigenvalue weighted by Gasteiger charge is -2.12. The molecule has 0 aliphatic heterocycles. The van der Waals surface area contributed by atoms with Gasteiger partial charge in [0.25, 0.3) is 11.4 Å². The second-order valence-corrected chi connectivity index (χ2v) is 7.03. The van der Waals surface area contributed by atoms with Crippen LogP contribution in [0.2, 0.25) is 0 Å². The second-order valence-electron chi connectivity index (χ2n) is 7.03. The van der Waals surface area contributed by atoms with E-state index in [1.807, 2.05) is 31.2 Å². The highest BCUT2D eigenvalue weighted by atomic mass is 19.4. The predicted molar refractivity (Wildman–Crippen MR) is 118 cm³/mol. The molecule has 158 valence electrons.